The maximum Gasteiger partial charge on any atom is 0.0125 e. The van der Waals surface area contributed by atoms with Gasteiger partial charge in [0.2, 0.25) is 0 Å². The Morgan fingerprint density at radius 3 is 2.20 bits per heavy atom. The summed E-state index contributed by atoms with van der Waals surface area (Å²) in [4.78, 5) is 2.65. The van der Waals surface area contributed by atoms with E-state index in [0.717, 1.165) is 17.3 Å². The first kappa shape index (κ1) is 11.4. The molecule has 1 nitrogen and oxygen atoms in total. The van der Waals surface area contributed by atoms with Crippen molar-refractivity contribution in [3.05, 3.63) is 0 Å². The van der Waals surface area contributed by atoms with Gasteiger partial charge in [-0.2, -0.15) is 0 Å². The molecule has 1 aliphatic carbocycles. The molecule has 0 amide bonds. The summed E-state index contributed by atoms with van der Waals surface area (Å²) in [7, 11) is 0. The molecule has 1 heteroatoms. The zero-order valence-electron chi connectivity index (χ0n) is 11.1. The van der Waals surface area contributed by atoms with Gasteiger partial charge in [0.1, 0.15) is 0 Å². The van der Waals surface area contributed by atoms with E-state index < -0.39 is 0 Å². The fourth-order valence-corrected chi connectivity index (χ4v) is 3.35. The van der Waals surface area contributed by atoms with Gasteiger partial charge < -0.3 is 0 Å². The highest BCUT2D eigenvalue weighted by Crippen LogP contribution is 2.51. The first-order chi connectivity index (χ1) is 6.82. The van der Waals surface area contributed by atoms with E-state index in [9.17, 15) is 0 Å². The van der Waals surface area contributed by atoms with E-state index in [4.69, 9.17) is 0 Å². The Labute approximate surface area is 95.2 Å². The minimum atomic E-state index is 0.390. The maximum atomic E-state index is 2.65. The fourth-order valence-electron chi connectivity index (χ4n) is 3.35. The second-order valence-corrected chi connectivity index (χ2v) is 7.27. The van der Waals surface area contributed by atoms with Gasteiger partial charge in [-0.15, -0.1) is 0 Å². The van der Waals surface area contributed by atoms with Gasteiger partial charge in [0, 0.05) is 18.6 Å². The van der Waals surface area contributed by atoms with Crippen LogP contribution in [0.2, 0.25) is 0 Å². The lowest BCUT2D eigenvalue weighted by atomic mass is 9.74. The lowest BCUT2D eigenvalue weighted by Gasteiger charge is -2.55. The molecule has 0 aromatic carbocycles. The van der Waals surface area contributed by atoms with Crippen molar-refractivity contribution in [1.82, 2.24) is 4.90 Å². The molecule has 0 unspecified atom stereocenters. The molecule has 0 radical (unpaired) electrons. The third-order valence-corrected chi connectivity index (χ3v) is 4.68. The summed E-state index contributed by atoms with van der Waals surface area (Å²) in [5, 5.41) is 0. The molecule has 1 spiro atoms. The molecule has 1 saturated carbocycles. The number of rotatable bonds is 1. The van der Waals surface area contributed by atoms with E-state index in [2.05, 4.69) is 39.5 Å². The molecule has 88 valence electrons. The lowest BCUT2D eigenvalue weighted by molar-refractivity contribution is -0.0577. The van der Waals surface area contributed by atoms with Crippen LogP contribution < -0.4 is 0 Å². The van der Waals surface area contributed by atoms with E-state index in [1.54, 1.807) is 0 Å². The average molecular weight is 209 g/mol. The molecule has 15 heavy (non-hydrogen) atoms. The summed E-state index contributed by atoms with van der Waals surface area (Å²) in [5.41, 5.74) is 1.11. The standard InChI is InChI=1S/C14H27N/c1-11(2)12-6-7-14(8-12)9-15(10-14)13(3,4)5/h11-12H,6-10H2,1-5H3/t12-/m0/s1. The molecule has 2 fully saturated rings. The summed E-state index contributed by atoms with van der Waals surface area (Å²) in [6, 6.07) is 0. The molecule has 0 bridgehead atoms. The van der Waals surface area contributed by atoms with Gasteiger partial charge in [0.15, 0.2) is 0 Å². The quantitative estimate of drug-likeness (QED) is 0.638. The van der Waals surface area contributed by atoms with Gasteiger partial charge in [-0.1, -0.05) is 13.8 Å². The van der Waals surface area contributed by atoms with E-state index in [-0.39, 0.29) is 0 Å². The topological polar surface area (TPSA) is 3.24 Å². The zero-order chi connectivity index (χ0) is 11.3. The van der Waals surface area contributed by atoms with E-state index in [1.165, 1.54) is 32.4 Å². The molecule has 1 saturated heterocycles. The molecule has 0 aromatic heterocycles. The molecule has 0 N–H and O–H groups in total. The van der Waals surface area contributed by atoms with Gasteiger partial charge >= 0.3 is 0 Å². The minimum absolute atomic E-state index is 0.390. The van der Waals surface area contributed by atoms with Gasteiger partial charge in [-0.25, -0.2) is 0 Å². The smallest absolute Gasteiger partial charge is 0.0125 e. The number of nitrogens with zero attached hydrogens (tertiary/aromatic N) is 1. The molecule has 2 aliphatic rings. The number of likely N-dealkylation sites (tertiary alicyclic amines) is 1. The summed E-state index contributed by atoms with van der Waals surface area (Å²) < 4.78 is 0. The van der Waals surface area contributed by atoms with Crippen LogP contribution in [0.1, 0.15) is 53.9 Å². The Bertz CT molecular complexity index is 230. The highest BCUT2D eigenvalue weighted by atomic mass is 15.3. The van der Waals surface area contributed by atoms with E-state index in [1.807, 2.05) is 0 Å². The van der Waals surface area contributed by atoms with E-state index >= 15 is 0 Å². The van der Waals surface area contributed by atoms with Crippen molar-refractivity contribution in [3.63, 3.8) is 0 Å². The number of hydrogen-bond donors (Lipinski definition) is 0. The van der Waals surface area contributed by atoms with Crippen LogP contribution in [0.15, 0.2) is 0 Å². The highest BCUT2D eigenvalue weighted by molar-refractivity contribution is 5.03. The summed E-state index contributed by atoms with van der Waals surface area (Å²) in [6.07, 6.45) is 4.47. The molecule has 0 aromatic rings. The van der Waals surface area contributed by atoms with Crippen LogP contribution in [-0.2, 0) is 0 Å². The second-order valence-electron chi connectivity index (χ2n) is 7.27. The predicted molar refractivity (Wildman–Crippen MR) is 65.9 cm³/mol. The average Bonchev–Trinajstić information content (AvgIpc) is 2.42. The predicted octanol–water partition coefficient (Wildman–Crippen LogP) is 3.54. The Balaban J connectivity index is 1.89. The second kappa shape index (κ2) is 3.48. The molecule has 1 heterocycles. The molecular formula is C14H27N. The van der Waals surface area contributed by atoms with E-state index in [0.29, 0.717) is 5.54 Å². The first-order valence-corrected chi connectivity index (χ1v) is 6.57. The van der Waals surface area contributed by atoms with Gasteiger partial charge in [-0.05, 0) is 57.3 Å². The minimum Gasteiger partial charge on any atom is -0.297 e. The fraction of sp³-hybridized carbons (Fsp3) is 1.00. The van der Waals surface area contributed by atoms with Crippen LogP contribution in [-0.4, -0.2) is 23.5 Å². The van der Waals surface area contributed by atoms with Gasteiger partial charge in [0.05, 0.1) is 0 Å². The van der Waals surface area contributed by atoms with Crippen molar-refractivity contribution in [3.8, 4) is 0 Å². The van der Waals surface area contributed by atoms with Gasteiger partial charge in [0.25, 0.3) is 0 Å². The third-order valence-electron chi connectivity index (χ3n) is 4.68. The Morgan fingerprint density at radius 2 is 1.80 bits per heavy atom. The van der Waals surface area contributed by atoms with Crippen LogP contribution in [0.25, 0.3) is 0 Å². The molecule has 2 rings (SSSR count). The van der Waals surface area contributed by atoms with Crippen LogP contribution in [0.4, 0.5) is 0 Å². The third kappa shape index (κ3) is 2.08. The highest BCUT2D eigenvalue weighted by Gasteiger charge is 2.50. The van der Waals surface area contributed by atoms with Crippen molar-refractivity contribution in [1.29, 1.82) is 0 Å². The Kier molecular flexibility index (Phi) is 2.65. The summed E-state index contributed by atoms with van der Waals surface area (Å²) >= 11 is 0. The normalized spacial score (nSPS) is 31.2. The van der Waals surface area contributed by atoms with Crippen molar-refractivity contribution in [2.45, 2.75) is 59.4 Å². The first-order valence-electron chi connectivity index (χ1n) is 6.57. The van der Waals surface area contributed by atoms with Crippen LogP contribution >= 0.6 is 0 Å². The Morgan fingerprint density at radius 1 is 1.20 bits per heavy atom. The summed E-state index contributed by atoms with van der Waals surface area (Å²) in [6.45, 7) is 14.5. The van der Waals surface area contributed by atoms with Crippen molar-refractivity contribution >= 4 is 0 Å². The van der Waals surface area contributed by atoms with Crippen LogP contribution in [0.5, 0.6) is 0 Å². The number of hydrogen-bond acceptors (Lipinski definition) is 1. The largest absolute Gasteiger partial charge is 0.297 e. The molecule has 1 atom stereocenters. The van der Waals surface area contributed by atoms with Crippen LogP contribution in [0, 0.1) is 17.3 Å². The summed E-state index contributed by atoms with van der Waals surface area (Å²) in [5.74, 6) is 1.90. The van der Waals surface area contributed by atoms with Crippen molar-refractivity contribution in [2.75, 3.05) is 13.1 Å². The Hall–Kier alpha value is -0.0400. The van der Waals surface area contributed by atoms with Crippen molar-refractivity contribution < 1.29 is 0 Å². The SMILES string of the molecule is CC(C)[C@H]1CCC2(C1)CN(C(C)(C)C)C2. The lowest BCUT2D eigenvalue weighted by Crippen LogP contribution is -2.61. The zero-order valence-corrected chi connectivity index (χ0v) is 11.1. The van der Waals surface area contributed by atoms with Gasteiger partial charge in [-0.3, -0.25) is 4.90 Å². The molecule has 1 aliphatic heterocycles. The molecular weight excluding hydrogens is 182 g/mol. The maximum absolute atomic E-state index is 2.65. The van der Waals surface area contributed by atoms with Crippen molar-refractivity contribution in [2.24, 2.45) is 17.3 Å². The van der Waals surface area contributed by atoms with Crippen LogP contribution in [0.3, 0.4) is 0 Å². The monoisotopic (exact) mass is 209 g/mol.